The summed E-state index contributed by atoms with van der Waals surface area (Å²) in [7, 11) is -2.74. The molecule has 0 spiro atoms. The van der Waals surface area contributed by atoms with E-state index in [1.165, 1.54) is 54.5 Å². The van der Waals surface area contributed by atoms with Gasteiger partial charge in [-0.05, 0) is 37.3 Å². The molecule has 1 aliphatic rings. The van der Waals surface area contributed by atoms with Crippen molar-refractivity contribution in [3.63, 3.8) is 0 Å². The highest BCUT2D eigenvalue weighted by Crippen LogP contribution is 2.36. The van der Waals surface area contributed by atoms with Gasteiger partial charge in [-0.15, -0.1) is 0 Å². The van der Waals surface area contributed by atoms with Crippen LogP contribution in [-0.4, -0.2) is 31.4 Å². The number of anilines is 1. The molecule has 1 aromatic heterocycles. The van der Waals surface area contributed by atoms with Crippen LogP contribution < -0.4 is 18.9 Å². The number of nitrogens with zero attached hydrogens (tertiary/aromatic N) is 2. The maximum Gasteiger partial charge on any atom is 0.416 e. The molecular formula is C22H20F2N4O5S. The lowest BCUT2D eigenvalue weighted by Crippen LogP contribution is -2.39. The van der Waals surface area contributed by atoms with Gasteiger partial charge >= 0.3 is 6.09 Å². The van der Waals surface area contributed by atoms with E-state index in [-0.39, 0.29) is 35.2 Å². The first kappa shape index (κ1) is 23.4. The van der Waals surface area contributed by atoms with E-state index in [0.717, 1.165) is 0 Å². The third kappa shape index (κ3) is 4.77. The Bertz CT molecular complexity index is 1350. The molecule has 2 heterocycles. The molecule has 178 valence electrons. The molecule has 9 nitrogen and oxygen atoms in total. The van der Waals surface area contributed by atoms with Gasteiger partial charge in [0.05, 0.1) is 18.3 Å². The van der Waals surface area contributed by atoms with Crippen LogP contribution >= 0.6 is 0 Å². The predicted molar refractivity (Wildman–Crippen MR) is 119 cm³/mol. The van der Waals surface area contributed by atoms with Crippen molar-refractivity contribution < 1.29 is 31.5 Å². The van der Waals surface area contributed by atoms with E-state index >= 15 is 4.39 Å². The van der Waals surface area contributed by atoms with Gasteiger partial charge in [-0.2, -0.15) is 8.42 Å². The molecule has 1 aliphatic heterocycles. The smallest absolute Gasteiger partial charge is 0.416 e. The number of carbonyl (C=O) groups is 1. The van der Waals surface area contributed by atoms with Gasteiger partial charge in [0.1, 0.15) is 11.5 Å². The van der Waals surface area contributed by atoms with Crippen LogP contribution in [0.1, 0.15) is 24.1 Å². The first-order chi connectivity index (χ1) is 16.2. The summed E-state index contributed by atoms with van der Waals surface area (Å²) in [6.07, 6.45) is 0.648. The van der Waals surface area contributed by atoms with Gasteiger partial charge in [-0.1, -0.05) is 12.1 Å². The van der Waals surface area contributed by atoms with Crippen molar-refractivity contribution in [3.8, 4) is 17.4 Å². The summed E-state index contributed by atoms with van der Waals surface area (Å²) in [5, 5.41) is 0. The molecule has 1 amide bonds. The Balaban J connectivity index is 1.56. The van der Waals surface area contributed by atoms with Crippen molar-refractivity contribution in [1.82, 2.24) is 14.6 Å². The van der Waals surface area contributed by atoms with Crippen LogP contribution in [0.4, 0.5) is 19.3 Å². The predicted octanol–water partition coefficient (Wildman–Crippen LogP) is 4.10. The van der Waals surface area contributed by atoms with Crippen molar-refractivity contribution in [1.29, 1.82) is 0 Å². The van der Waals surface area contributed by atoms with Crippen LogP contribution in [-0.2, 0) is 16.8 Å². The molecule has 0 bridgehead atoms. The Morgan fingerprint density at radius 2 is 1.97 bits per heavy atom. The van der Waals surface area contributed by atoms with Gasteiger partial charge in [-0.3, -0.25) is 9.62 Å². The first-order valence-electron chi connectivity index (χ1n) is 10.1. The minimum absolute atomic E-state index is 0.0967. The second-order valence-corrected chi connectivity index (χ2v) is 8.97. The fourth-order valence-electron chi connectivity index (χ4n) is 3.39. The second kappa shape index (κ2) is 9.23. The number of aromatic nitrogens is 1. The maximum absolute atomic E-state index is 15.1. The number of carbonyl (C=O) groups excluding carboxylic acids is 1. The van der Waals surface area contributed by atoms with E-state index in [0.29, 0.717) is 5.56 Å². The third-order valence-electron chi connectivity index (χ3n) is 5.21. The topological polar surface area (TPSA) is 110 Å². The summed E-state index contributed by atoms with van der Waals surface area (Å²) >= 11 is 0. The summed E-state index contributed by atoms with van der Waals surface area (Å²) in [6, 6.07) is 10.7. The zero-order valence-corrected chi connectivity index (χ0v) is 18.9. The number of rotatable bonds is 7. The molecule has 12 heteroatoms. The molecule has 2 aromatic carbocycles. The fourth-order valence-corrected chi connectivity index (χ4v) is 3.94. The number of nitrogens with one attached hydrogen (secondary N) is 2. The molecule has 1 unspecified atom stereocenters. The van der Waals surface area contributed by atoms with Crippen molar-refractivity contribution in [2.45, 2.75) is 19.5 Å². The van der Waals surface area contributed by atoms with Gasteiger partial charge in [-0.25, -0.2) is 23.3 Å². The normalized spacial score (nSPS) is 14.2. The Labute approximate surface area is 194 Å². The summed E-state index contributed by atoms with van der Waals surface area (Å²) < 4.78 is 67.3. The van der Waals surface area contributed by atoms with Crippen LogP contribution in [0.25, 0.3) is 0 Å². The highest BCUT2D eigenvalue weighted by Gasteiger charge is 2.32. The van der Waals surface area contributed by atoms with Crippen molar-refractivity contribution >= 4 is 22.0 Å². The molecule has 0 saturated carbocycles. The minimum Gasteiger partial charge on any atom is -0.436 e. The highest BCUT2D eigenvalue weighted by atomic mass is 32.2. The summed E-state index contributed by atoms with van der Waals surface area (Å²) in [4.78, 5) is 17.8. The molecular weight excluding hydrogens is 470 g/mol. The zero-order chi connectivity index (χ0) is 24.5. The molecule has 2 N–H and O–H groups in total. The summed E-state index contributed by atoms with van der Waals surface area (Å²) in [6.45, 7) is 1.70. The molecule has 34 heavy (non-hydrogen) atoms. The molecule has 1 atom stereocenters. The van der Waals surface area contributed by atoms with Gasteiger partial charge in [0.25, 0.3) is 16.1 Å². The second-order valence-electron chi connectivity index (χ2n) is 7.35. The van der Waals surface area contributed by atoms with E-state index in [2.05, 4.69) is 9.71 Å². The number of ether oxygens (including phenoxy) is 2. The number of pyridine rings is 1. The van der Waals surface area contributed by atoms with Crippen molar-refractivity contribution in [3.05, 3.63) is 77.5 Å². The number of benzene rings is 2. The quantitative estimate of drug-likeness (QED) is 0.516. The Kier molecular flexibility index (Phi) is 6.35. The zero-order valence-electron chi connectivity index (χ0n) is 18.1. The van der Waals surface area contributed by atoms with Gasteiger partial charge in [0, 0.05) is 30.4 Å². The van der Waals surface area contributed by atoms with Gasteiger partial charge in [0.15, 0.2) is 11.6 Å². The average molecular weight is 490 g/mol. The molecule has 4 rings (SSSR count). The van der Waals surface area contributed by atoms with Gasteiger partial charge in [0.2, 0.25) is 0 Å². The number of amides is 1. The number of hydrogen-bond acceptors (Lipinski definition) is 6. The van der Waals surface area contributed by atoms with Crippen LogP contribution in [0, 0.1) is 11.6 Å². The van der Waals surface area contributed by atoms with E-state index in [1.54, 1.807) is 19.1 Å². The lowest BCUT2D eigenvalue weighted by molar-refractivity contribution is 0.118. The van der Waals surface area contributed by atoms with Gasteiger partial charge < -0.3 is 9.47 Å². The van der Waals surface area contributed by atoms with E-state index < -0.39 is 34.0 Å². The molecule has 0 aliphatic carbocycles. The lowest BCUT2D eigenvalue weighted by atomic mass is 10.0. The summed E-state index contributed by atoms with van der Waals surface area (Å²) in [5.74, 6) is -1.23. The van der Waals surface area contributed by atoms with Crippen LogP contribution in [0.5, 0.6) is 17.4 Å². The Morgan fingerprint density at radius 1 is 1.18 bits per heavy atom. The van der Waals surface area contributed by atoms with Crippen LogP contribution in [0.2, 0.25) is 0 Å². The maximum atomic E-state index is 15.1. The fraction of sp³-hybridized carbons (Fsp3) is 0.182. The largest absolute Gasteiger partial charge is 0.436 e. The van der Waals surface area contributed by atoms with Crippen molar-refractivity contribution in [2.24, 2.45) is 0 Å². The van der Waals surface area contributed by atoms with E-state index in [4.69, 9.17) is 9.47 Å². The standard InChI is InChI=1S/C22H20F2N4O5S/c1-13(16-5-3-7-18(20(16)24)27-34(30,31)25-2)28-12-14-8-9-15(11-19(14)33-22(28)29)32-21-17(23)6-4-10-26-21/h3-11,13,25,27H,12H2,1-2H3. The molecule has 0 fully saturated rings. The first-order valence-corrected chi connectivity index (χ1v) is 11.6. The monoisotopic (exact) mass is 490 g/mol. The van der Waals surface area contributed by atoms with Crippen molar-refractivity contribution in [2.75, 3.05) is 11.8 Å². The number of fused-ring (bicyclic) bond motifs is 1. The Hall–Kier alpha value is -3.77. The molecule has 0 saturated heterocycles. The third-order valence-corrected chi connectivity index (χ3v) is 6.24. The SMILES string of the molecule is CNS(=O)(=O)Nc1cccc(C(C)N2Cc3ccc(Oc4ncccc4F)cc3OC2=O)c1F. The number of halogens is 2. The minimum atomic E-state index is -3.93. The summed E-state index contributed by atoms with van der Waals surface area (Å²) in [5.41, 5.74) is 0.461. The van der Waals surface area contributed by atoms with E-state index in [1.807, 2.05) is 4.72 Å². The lowest BCUT2D eigenvalue weighted by Gasteiger charge is -2.33. The highest BCUT2D eigenvalue weighted by molar-refractivity contribution is 7.90. The number of hydrogen-bond donors (Lipinski definition) is 2. The van der Waals surface area contributed by atoms with E-state index in [9.17, 15) is 17.6 Å². The average Bonchev–Trinajstić information content (AvgIpc) is 2.81. The van der Waals surface area contributed by atoms with Crippen LogP contribution in [0.15, 0.2) is 54.7 Å². The molecule has 0 radical (unpaired) electrons. The van der Waals surface area contributed by atoms with Crippen LogP contribution in [0.3, 0.4) is 0 Å². The molecule has 3 aromatic rings. The Morgan fingerprint density at radius 3 is 2.71 bits per heavy atom.